The molecule has 0 saturated heterocycles. The number of hydrogen-bond donors (Lipinski definition) is 0. The zero-order chi connectivity index (χ0) is 41.5. The van der Waals surface area contributed by atoms with Crippen LogP contribution in [0.25, 0.3) is 111 Å². The topological polar surface area (TPSA) is 0 Å². The molecule has 10 aromatic rings. The van der Waals surface area contributed by atoms with Gasteiger partial charge in [0.15, 0.2) is 0 Å². The van der Waals surface area contributed by atoms with Crippen molar-refractivity contribution in [2.45, 2.75) is 38.5 Å². The Bertz CT molecular complexity index is 3540. The predicted octanol–water partition coefficient (Wildman–Crippen LogP) is 16.9. The molecule has 0 unspecified atom stereocenters. The Balaban J connectivity index is 0.802. The van der Waals surface area contributed by atoms with Crippen LogP contribution in [0.2, 0.25) is 0 Å². The van der Waals surface area contributed by atoms with E-state index >= 15 is 0 Å². The summed E-state index contributed by atoms with van der Waals surface area (Å²) in [4.78, 5) is 0. The highest BCUT2D eigenvalue weighted by atomic mass is 14.4. The van der Waals surface area contributed by atoms with E-state index in [1.165, 1.54) is 133 Å². The van der Waals surface area contributed by atoms with Crippen molar-refractivity contribution in [3.63, 3.8) is 0 Å². The lowest BCUT2D eigenvalue weighted by Gasteiger charge is -2.23. The van der Waals surface area contributed by atoms with Crippen LogP contribution in [0.4, 0.5) is 0 Å². The average molecular weight is 789 g/mol. The molecule has 0 heterocycles. The average Bonchev–Trinajstić information content (AvgIpc) is 3.85. The van der Waals surface area contributed by atoms with Crippen LogP contribution >= 0.6 is 0 Å². The number of benzene rings is 10. The maximum absolute atomic E-state index is 2.46. The summed E-state index contributed by atoms with van der Waals surface area (Å²) < 4.78 is 0. The first-order valence-corrected chi connectivity index (χ1v) is 22.1. The van der Waals surface area contributed by atoms with E-state index in [9.17, 15) is 0 Å². The van der Waals surface area contributed by atoms with Gasteiger partial charge in [0.25, 0.3) is 0 Å². The summed E-state index contributed by atoms with van der Waals surface area (Å²) >= 11 is 0. The molecule has 0 heteroatoms. The molecular formula is C62H44. The van der Waals surface area contributed by atoms with E-state index in [4.69, 9.17) is 0 Å². The van der Waals surface area contributed by atoms with Crippen LogP contribution < -0.4 is 0 Å². The Morgan fingerprint density at radius 1 is 0.242 bits per heavy atom. The van der Waals surface area contributed by atoms with Crippen molar-refractivity contribution >= 4 is 21.5 Å². The molecule has 10 aromatic carbocycles. The second kappa shape index (κ2) is 12.6. The summed E-state index contributed by atoms with van der Waals surface area (Å²) in [6.07, 6.45) is 0. The third-order valence-electron chi connectivity index (χ3n) is 14.8. The molecule has 0 N–H and O–H groups in total. The second-order valence-corrected chi connectivity index (χ2v) is 18.9. The van der Waals surface area contributed by atoms with Crippen LogP contribution in [-0.2, 0) is 10.8 Å². The molecule has 0 amide bonds. The van der Waals surface area contributed by atoms with E-state index in [-0.39, 0.29) is 10.8 Å². The summed E-state index contributed by atoms with van der Waals surface area (Å²) in [5.74, 6) is 0. The lowest BCUT2D eigenvalue weighted by molar-refractivity contribution is 0.659. The van der Waals surface area contributed by atoms with Gasteiger partial charge < -0.3 is 0 Å². The first-order chi connectivity index (χ1) is 30.2. The van der Waals surface area contributed by atoms with Gasteiger partial charge in [-0.2, -0.15) is 0 Å². The van der Waals surface area contributed by atoms with Gasteiger partial charge in [0.05, 0.1) is 0 Å². The Morgan fingerprint density at radius 3 is 1.23 bits per heavy atom. The fourth-order valence-corrected chi connectivity index (χ4v) is 11.5. The monoisotopic (exact) mass is 788 g/mol. The van der Waals surface area contributed by atoms with Gasteiger partial charge in [-0.05, 0) is 169 Å². The van der Waals surface area contributed by atoms with Crippen LogP contribution in [-0.4, -0.2) is 0 Å². The smallest absolute Gasteiger partial charge is 0.0159 e. The zero-order valence-electron chi connectivity index (χ0n) is 35.5. The molecule has 3 aliphatic carbocycles. The molecule has 0 radical (unpaired) electrons. The van der Waals surface area contributed by atoms with Crippen LogP contribution in [0.5, 0.6) is 0 Å². The molecule has 0 bridgehead atoms. The van der Waals surface area contributed by atoms with Crippen LogP contribution in [0, 0.1) is 0 Å². The number of hydrogen-bond acceptors (Lipinski definition) is 0. The molecule has 3 aliphatic rings. The van der Waals surface area contributed by atoms with Crippen molar-refractivity contribution in [3.05, 3.63) is 216 Å². The van der Waals surface area contributed by atoms with Crippen molar-refractivity contribution in [1.82, 2.24) is 0 Å². The third kappa shape index (κ3) is 4.95. The standard InChI is InChI=1S/C62H44/c1-61(2)56-18-8-7-15-49(56)50-26-24-43(35-57(50)61)44-25-28-52-51-27-23-42(34-58(51)62(3,4)59(52)36-44)41-22-21-39-31-38(19-20-40(39)32-41)37-11-9-12-45(33-37)46-29-30-55-48-14-6-5-13-47(48)54-17-10-16-53(46)60(54)55/h5-36H,1-4H3. The molecule has 0 fully saturated rings. The minimum Gasteiger partial charge on any atom is -0.0619 e. The van der Waals surface area contributed by atoms with Crippen LogP contribution in [0.1, 0.15) is 49.9 Å². The summed E-state index contributed by atoms with van der Waals surface area (Å²) in [5, 5.41) is 5.18. The van der Waals surface area contributed by atoms with E-state index in [1.807, 2.05) is 0 Å². The Morgan fingerprint density at radius 2 is 0.629 bits per heavy atom. The van der Waals surface area contributed by atoms with Crippen LogP contribution in [0.15, 0.2) is 194 Å². The van der Waals surface area contributed by atoms with Crippen molar-refractivity contribution in [1.29, 1.82) is 0 Å². The van der Waals surface area contributed by atoms with Crippen molar-refractivity contribution in [2.75, 3.05) is 0 Å². The van der Waals surface area contributed by atoms with E-state index in [2.05, 4.69) is 222 Å². The molecule has 0 atom stereocenters. The molecule has 13 rings (SSSR count). The molecule has 0 spiro atoms. The van der Waals surface area contributed by atoms with Gasteiger partial charge in [-0.15, -0.1) is 0 Å². The lowest BCUT2D eigenvalue weighted by atomic mass is 9.80. The molecule has 62 heavy (non-hydrogen) atoms. The molecule has 0 nitrogen and oxygen atoms in total. The summed E-state index contributed by atoms with van der Waals surface area (Å²) in [6.45, 7) is 9.52. The van der Waals surface area contributed by atoms with Gasteiger partial charge in [-0.3, -0.25) is 0 Å². The first kappa shape index (κ1) is 35.5. The van der Waals surface area contributed by atoms with E-state index in [1.54, 1.807) is 0 Å². The third-order valence-corrected chi connectivity index (χ3v) is 14.8. The van der Waals surface area contributed by atoms with Crippen molar-refractivity contribution < 1.29 is 0 Å². The highest BCUT2D eigenvalue weighted by molar-refractivity contribution is 6.18. The molecule has 0 aliphatic heterocycles. The molecule has 292 valence electrons. The Hall–Kier alpha value is -7.28. The fraction of sp³-hybridized carbons (Fsp3) is 0.0968. The molecule has 0 saturated carbocycles. The molecular weight excluding hydrogens is 745 g/mol. The predicted molar refractivity (Wildman–Crippen MR) is 263 cm³/mol. The minimum absolute atomic E-state index is 0.0182. The van der Waals surface area contributed by atoms with Crippen molar-refractivity contribution in [3.8, 4) is 89.0 Å². The summed E-state index contributed by atoms with van der Waals surface area (Å²) in [6, 6.07) is 73.5. The molecule has 0 aromatic heterocycles. The quantitative estimate of drug-likeness (QED) is 0.167. The maximum atomic E-state index is 2.46. The highest BCUT2D eigenvalue weighted by Crippen LogP contribution is 2.53. The highest BCUT2D eigenvalue weighted by Gasteiger charge is 2.37. The van der Waals surface area contributed by atoms with Gasteiger partial charge in [-0.25, -0.2) is 0 Å². The summed E-state index contributed by atoms with van der Waals surface area (Å²) in [5.41, 5.74) is 26.3. The number of rotatable bonds is 4. The second-order valence-electron chi connectivity index (χ2n) is 18.9. The van der Waals surface area contributed by atoms with E-state index < -0.39 is 0 Å². The Labute approximate surface area is 363 Å². The van der Waals surface area contributed by atoms with Crippen LogP contribution in [0.3, 0.4) is 0 Å². The lowest BCUT2D eigenvalue weighted by Crippen LogP contribution is -2.15. The first-order valence-electron chi connectivity index (χ1n) is 22.1. The normalized spacial score (nSPS) is 14.4. The van der Waals surface area contributed by atoms with Gasteiger partial charge in [0, 0.05) is 10.8 Å². The largest absolute Gasteiger partial charge is 0.0619 e. The van der Waals surface area contributed by atoms with Gasteiger partial charge in [-0.1, -0.05) is 185 Å². The maximum Gasteiger partial charge on any atom is 0.0159 e. The van der Waals surface area contributed by atoms with Crippen molar-refractivity contribution in [2.24, 2.45) is 0 Å². The number of fused-ring (bicyclic) bond motifs is 10. The van der Waals surface area contributed by atoms with E-state index in [0.717, 1.165) is 0 Å². The van der Waals surface area contributed by atoms with Gasteiger partial charge >= 0.3 is 0 Å². The minimum atomic E-state index is -0.124. The van der Waals surface area contributed by atoms with Gasteiger partial charge in [0.1, 0.15) is 0 Å². The van der Waals surface area contributed by atoms with Gasteiger partial charge in [0.2, 0.25) is 0 Å². The fourth-order valence-electron chi connectivity index (χ4n) is 11.5. The zero-order valence-corrected chi connectivity index (χ0v) is 35.5. The SMILES string of the molecule is CC1(C)c2ccccc2-c2ccc(-c3ccc4c(c3)C(C)(C)c3cc(-c5ccc6cc(-c7cccc(-c8ccc9c%10c(cccc8%10)-c8ccccc8-9)c7)ccc6c5)ccc3-4)cc21. The Kier molecular flexibility index (Phi) is 7.23. The summed E-state index contributed by atoms with van der Waals surface area (Å²) in [7, 11) is 0. The van der Waals surface area contributed by atoms with E-state index in [0.29, 0.717) is 0 Å².